The molecule has 0 saturated heterocycles. The zero-order valence-electron chi connectivity index (χ0n) is 9.89. The standard InChI is InChI=1S/C11H10Cl2N2O5/c12-5-2-1-3-6(13)9(5)15-11(20)14-7(10(18)19)4-8(16)17/h1-3,7H,4H2,(H,16,17)(H,18,19)(H2,14,15,20)/t7-/m0/s1. The van der Waals surface area contributed by atoms with Gasteiger partial charge < -0.3 is 20.8 Å². The molecule has 7 nitrogen and oxygen atoms in total. The van der Waals surface area contributed by atoms with Crippen LogP contribution in [0.2, 0.25) is 10.0 Å². The lowest BCUT2D eigenvalue weighted by Crippen LogP contribution is -2.44. The first-order valence-corrected chi connectivity index (χ1v) is 6.03. The van der Waals surface area contributed by atoms with Crippen LogP contribution in [0.5, 0.6) is 0 Å². The van der Waals surface area contributed by atoms with Crippen molar-refractivity contribution in [1.29, 1.82) is 0 Å². The van der Waals surface area contributed by atoms with Gasteiger partial charge in [0.25, 0.3) is 0 Å². The highest BCUT2D eigenvalue weighted by molar-refractivity contribution is 6.39. The van der Waals surface area contributed by atoms with Crippen molar-refractivity contribution in [2.75, 3.05) is 5.32 Å². The summed E-state index contributed by atoms with van der Waals surface area (Å²) in [4.78, 5) is 32.9. The van der Waals surface area contributed by atoms with Gasteiger partial charge >= 0.3 is 18.0 Å². The highest BCUT2D eigenvalue weighted by Crippen LogP contribution is 2.29. The number of hydrogen-bond acceptors (Lipinski definition) is 3. The van der Waals surface area contributed by atoms with Gasteiger partial charge in [-0.15, -0.1) is 0 Å². The van der Waals surface area contributed by atoms with Crippen LogP contribution < -0.4 is 10.6 Å². The van der Waals surface area contributed by atoms with Crippen LogP contribution in [-0.4, -0.2) is 34.2 Å². The second-order valence-electron chi connectivity index (χ2n) is 3.68. The van der Waals surface area contributed by atoms with E-state index in [4.69, 9.17) is 33.4 Å². The molecule has 108 valence electrons. The second-order valence-corrected chi connectivity index (χ2v) is 4.50. The summed E-state index contributed by atoms with van der Waals surface area (Å²) in [6.45, 7) is 0. The molecule has 0 radical (unpaired) electrons. The monoisotopic (exact) mass is 320 g/mol. The van der Waals surface area contributed by atoms with Gasteiger partial charge in [-0.3, -0.25) is 4.79 Å². The van der Waals surface area contributed by atoms with Crippen LogP contribution in [0, 0.1) is 0 Å². The zero-order valence-corrected chi connectivity index (χ0v) is 11.4. The fraction of sp³-hybridized carbons (Fsp3) is 0.182. The summed E-state index contributed by atoms with van der Waals surface area (Å²) >= 11 is 11.6. The van der Waals surface area contributed by atoms with E-state index in [9.17, 15) is 14.4 Å². The number of para-hydroxylation sites is 1. The molecule has 1 atom stereocenters. The quantitative estimate of drug-likeness (QED) is 0.662. The van der Waals surface area contributed by atoms with E-state index in [0.29, 0.717) is 0 Å². The lowest BCUT2D eigenvalue weighted by atomic mass is 10.2. The third-order valence-electron chi connectivity index (χ3n) is 2.18. The number of benzene rings is 1. The minimum absolute atomic E-state index is 0.104. The van der Waals surface area contributed by atoms with Gasteiger partial charge in [0.1, 0.15) is 6.04 Å². The van der Waals surface area contributed by atoms with Crippen molar-refractivity contribution in [3.05, 3.63) is 28.2 Å². The van der Waals surface area contributed by atoms with E-state index in [0.717, 1.165) is 0 Å². The largest absolute Gasteiger partial charge is 0.481 e. The van der Waals surface area contributed by atoms with E-state index in [1.54, 1.807) is 6.07 Å². The molecular weight excluding hydrogens is 311 g/mol. The second kappa shape index (κ2) is 6.97. The van der Waals surface area contributed by atoms with Gasteiger partial charge in [-0.1, -0.05) is 29.3 Å². The van der Waals surface area contributed by atoms with E-state index in [2.05, 4.69) is 5.32 Å². The summed E-state index contributed by atoms with van der Waals surface area (Å²) in [5, 5.41) is 21.9. The van der Waals surface area contributed by atoms with Gasteiger partial charge in [0.05, 0.1) is 22.2 Å². The summed E-state index contributed by atoms with van der Waals surface area (Å²) in [6, 6.07) is 2.05. The van der Waals surface area contributed by atoms with Crippen molar-refractivity contribution < 1.29 is 24.6 Å². The number of carbonyl (C=O) groups excluding carboxylic acids is 1. The Balaban J connectivity index is 2.76. The SMILES string of the molecule is O=C(O)C[C@H](NC(=O)Nc1c(Cl)cccc1Cl)C(=O)O. The minimum Gasteiger partial charge on any atom is -0.481 e. The molecule has 1 rings (SSSR count). The van der Waals surface area contributed by atoms with Crippen molar-refractivity contribution >= 4 is 46.9 Å². The number of urea groups is 1. The molecule has 20 heavy (non-hydrogen) atoms. The molecule has 9 heteroatoms. The first-order valence-electron chi connectivity index (χ1n) is 5.27. The number of amides is 2. The van der Waals surface area contributed by atoms with Crippen molar-refractivity contribution in [1.82, 2.24) is 5.32 Å². The molecule has 0 fully saturated rings. The lowest BCUT2D eigenvalue weighted by molar-refractivity contribution is -0.145. The lowest BCUT2D eigenvalue weighted by Gasteiger charge is -2.14. The van der Waals surface area contributed by atoms with Crippen molar-refractivity contribution in [3.8, 4) is 0 Å². The maximum atomic E-state index is 11.6. The maximum Gasteiger partial charge on any atom is 0.326 e. The van der Waals surface area contributed by atoms with E-state index in [1.807, 2.05) is 5.32 Å². The van der Waals surface area contributed by atoms with E-state index in [1.165, 1.54) is 12.1 Å². The number of halogens is 2. The molecule has 2 amide bonds. The molecule has 0 unspecified atom stereocenters. The zero-order chi connectivity index (χ0) is 15.3. The number of nitrogens with one attached hydrogen (secondary N) is 2. The Morgan fingerprint density at radius 2 is 1.70 bits per heavy atom. The Kier molecular flexibility index (Phi) is 5.60. The normalized spacial score (nSPS) is 11.5. The third kappa shape index (κ3) is 4.60. The highest BCUT2D eigenvalue weighted by atomic mass is 35.5. The Morgan fingerprint density at radius 3 is 2.15 bits per heavy atom. The molecule has 1 aromatic carbocycles. The van der Waals surface area contributed by atoms with Crippen molar-refractivity contribution in [3.63, 3.8) is 0 Å². The van der Waals surface area contributed by atoms with Gasteiger partial charge in [0.15, 0.2) is 0 Å². The number of aliphatic carboxylic acids is 2. The molecule has 1 aromatic rings. The van der Waals surface area contributed by atoms with Crippen LogP contribution in [0.25, 0.3) is 0 Å². The predicted molar refractivity (Wildman–Crippen MR) is 72.3 cm³/mol. The topological polar surface area (TPSA) is 116 Å². The fourth-order valence-corrected chi connectivity index (χ4v) is 1.79. The molecule has 0 heterocycles. The number of carboxylic acids is 2. The molecular formula is C11H10Cl2N2O5. The molecule has 4 N–H and O–H groups in total. The van der Waals surface area contributed by atoms with Crippen molar-refractivity contribution in [2.24, 2.45) is 0 Å². The number of rotatable bonds is 5. The van der Waals surface area contributed by atoms with E-state index in [-0.39, 0.29) is 15.7 Å². The number of carbonyl (C=O) groups is 3. The Labute approximate surface area is 123 Å². The Bertz CT molecular complexity index is 529. The van der Waals surface area contributed by atoms with Crippen LogP contribution in [0.1, 0.15) is 6.42 Å². The van der Waals surface area contributed by atoms with Crippen LogP contribution in [-0.2, 0) is 9.59 Å². The molecule has 0 aliphatic heterocycles. The van der Waals surface area contributed by atoms with E-state index < -0.39 is 30.4 Å². The smallest absolute Gasteiger partial charge is 0.326 e. The predicted octanol–water partition coefficient (Wildman–Crippen LogP) is 2.04. The average molecular weight is 321 g/mol. The van der Waals surface area contributed by atoms with Crippen LogP contribution in [0.3, 0.4) is 0 Å². The third-order valence-corrected chi connectivity index (χ3v) is 2.81. The van der Waals surface area contributed by atoms with Gasteiger partial charge in [-0.05, 0) is 12.1 Å². The molecule has 0 aromatic heterocycles. The van der Waals surface area contributed by atoms with Gasteiger partial charge in [0, 0.05) is 0 Å². The van der Waals surface area contributed by atoms with Crippen LogP contribution in [0.4, 0.5) is 10.5 Å². The average Bonchev–Trinajstić information content (AvgIpc) is 2.32. The molecule has 0 saturated carbocycles. The highest BCUT2D eigenvalue weighted by Gasteiger charge is 2.23. The minimum atomic E-state index is -1.56. The number of hydrogen-bond donors (Lipinski definition) is 4. The van der Waals surface area contributed by atoms with Crippen LogP contribution >= 0.6 is 23.2 Å². The Hall–Kier alpha value is -1.99. The van der Waals surface area contributed by atoms with Gasteiger partial charge in [-0.2, -0.15) is 0 Å². The van der Waals surface area contributed by atoms with Crippen LogP contribution in [0.15, 0.2) is 18.2 Å². The summed E-state index contributed by atoms with van der Waals surface area (Å²) in [6.07, 6.45) is -0.751. The van der Waals surface area contributed by atoms with Gasteiger partial charge in [-0.25, -0.2) is 9.59 Å². The first kappa shape index (κ1) is 16.1. The number of anilines is 1. The molecule has 0 aliphatic rings. The van der Waals surface area contributed by atoms with Gasteiger partial charge in [0.2, 0.25) is 0 Å². The first-order chi connectivity index (χ1) is 9.31. The van der Waals surface area contributed by atoms with Crippen molar-refractivity contribution in [2.45, 2.75) is 12.5 Å². The van der Waals surface area contributed by atoms with E-state index >= 15 is 0 Å². The number of carboxylic acid groups (broad SMARTS) is 2. The Morgan fingerprint density at radius 1 is 1.15 bits per heavy atom. The summed E-state index contributed by atoms with van der Waals surface area (Å²) < 4.78 is 0. The molecule has 0 bridgehead atoms. The summed E-state index contributed by atoms with van der Waals surface area (Å²) in [5.74, 6) is -2.82. The fourth-order valence-electron chi connectivity index (χ4n) is 1.30. The maximum absolute atomic E-state index is 11.6. The summed E-state index contributed by atoms with van der Waals surface area (Å²) in [7, 11) is 0. The molecule has 0 aliphatic carbocycles. The summed E-state index contributed by atoms with van der Waals surface area (Å²) in [5.41, 5.74) is 0.104. The molecule has 0 spiro atoms.